The van der Waals surface area contributed by atoms with E-state index in [0.29, 0.717) is 34.9 Å². The first-order valence-corrected chi connectivity index (χ1v) is 14.2. The van der Waals surface area contributed by atoms with Gasteiger partial charge >= 0.3 is 18.2 Å². The van der Waals surface area contributed by atoms with Crippen molar-refractivity contribution in [2.45, 2.75) is 38.4 Å². The Bertz CT molecular complexity index is 1980. The first kappa shape index (κ1) is 29.0. The van der Waals surface area contributed by atoms with Gasteiger partial charge in [0.2, 0.25) is 11.3 Å². The average Bonchev–Trinajstić information content (AvgIpc) is 3.50. The molecule has 3 N–H and O–H groups in total. The number of benzene rings is 1. The van der Waals surface area contributed by atoms with Crippen LogP contribution in [0.4, 0.5) is 23.8 Å². The van der Waals surface area contributed by atoms with Crippen LogP contribution in [0.25, 0.3) is 32.6 Å². The summed E-state index contributed by atoms with van der Waals surface area (Å²) >= 11 is 0.748. The van der Waals surface area contributed by atoms with E-state index >= 15 is 0 Å². The van der Waals surface area contributed by atoms with Crippen molar-refractivity contribution in [2.75, 3.05) is 11.9 Å². The Morgan fingerprint density at radius 2 is 1.98 bits per heavy atom. The zero-order chi connectivity index (χ0) is 31.2. The fraction of sp³-hybridized carbons (Fsp3) is 0.250. The first-order valence-electron chi connectivity index (χ1n) is 13.3. The number of carboxylic acid groups (broad SMARTS) is 1. The van der Waals surface area contributed by atoms with Gasteiger partial charge in [0.05, 0.1) is 12.1 Å². The van der Waals surface area contributed by atoms with Crippen molar-refractivity contribution in [3.05, 3.63) is 75.2 Å². The normalized spacial score (nSPS) is 13.3. The van der Waals surface area contributed by atoms with Gasteiger partial charge in [0.1, 0.15) is 16.4 Å². The van der Waals surface area contributed by atoms with Gasteiger partial charge in [-0.3, -0.25) is 10.1 Å². The predicted molar refractivity (Wildman–Crippen MR) is 153 cm³/mol. The molecule has 5 aromatic rings. The molecule has 0 unspecified atom stereocenters. The molecule has 0 aliphatic heterocycles. The van der Waals surface area contributed by atoms with E-state index in [-0.39, 0.29) is 34.2 Å². The van der Waals surface area contributed by atoms with Crippen molar-refractivity contribution >= 4 is 40.1 Å². The number of pyridine rings is 2. The largest absolute Gasteiger partial charge is 0.477 e. The summed E-state index contributed by atoms with van der Waals surface area (Å²) in [5.41, 5.74) is -1.09. The minimum absolute atomic E-state index is 0.00552. The summed E-state index contributed by atoms with van der Waals surface area (Å²) in [6.45, 7) is 2.07. The number of carboxylic acids is 1. The summed E-state index contributed by atoms with van der Waals surface area (Å²) in [5.74, 6) is -0.348. The number of aromatic carboxylic acids is 1. The van der Waals surface area contributed by atoms with Crippen LogP contribution in [0.15, 0.2) is 51.4 Å². The number of carbonyl (C=O) groups excluding carboxylic acids is 1. The average molecular weight is 626 g/mol. The number of aromatic nitrogens is 5. The van der Waals surface area contributed by atoms with Crippen LogP contribution < -0.4 is 16.1 Å². The molecule has 1 aromatic carbocycles. The Balaban J connectivity index is 1.47. The highest BCUT2D eigenvalue weighted by Crippen LogP contribution is 2.40. The van der Waals surface area contributed by atoms with Gasteiger partial charge in [-0.1, -0.05) is 11.2 Å². The third kappa shape index (κ3) is 5.75. The smallest absolute Gasteiger partial charge is 0.434 e. The summed E-state index contributed by atoms with van der Waals surface area (Å²) in [4.78, 5) is 49.8. The van der Waals surface area contributed by atoms with Crippen LogP contribution in [-0.2, 0) is 12.7 Å². The van der Waals surface area contributed by atoms with Gasteiger partial charge in [0.15, 0.2) is 11.5 Å². The Morgan fingerprint density at radius 1 is 1.18 bits per heavy atom. The van der Waals surface area contributed by atoms with Crippen LogP contribution in [0.5, 0.6) is 0 Å². The maximum absolute atomic E-state index is 13.4. The maximum atomic E-state index is 13.4. The molecule has 4 aromatic heterocycles. The molecule has 4 heterocycles. The number of fused-ring (bicyclic) bond motifs is 1. The molecule has 1 aliphatic carbocycles. The van der Waals surface area contributed by atoms with E-state index in [9.17, 15) is 32.7 Å². The molecule has 0 bridgehead atoms. The van der Waals surface area contributed by atoms with Crippen molar-refractivity contribution in [2.24, 2.45) is 0 Å². The summed E-state index contributed by atoms with van der Waals surface area (Å²) in [6, 6.07) is 5.48. The van der Waals surface area contributed by atoms with E-state index < -0.39 is 34.9 Å². The fourth-order valence-corrected chi connectivity index (χ4v) is 5.46. The fourth-order valence-electron chi connectivity index (χ4n) is 4.61. The van der Waals surface area contributed by atoms with E-state index in [1.165, 1.54) is 29.1 Å². The van der Waals surface area contributed by atoms with Gasteiger partial charge < -0.3 is 19.5 Å². The van der Waals surface area contributed by atoms with Gasteiger partial charge in [-0.05, 0) is 43.5 Å². The second-order valence-electron chi connectivity index (χ2n) is 10.00. The van der Waals surface area contributed by atoms with E-state index in [4.69, 9.17) is 4.52 Å². The van der Waals surface area contributed by atoms with E-state index in [1.54, 1.807) is 19.1 Å². The van der Waals surface area contributed by atoms with Crippen LogP contribution in [-0.4, -0.2) is 48.3 Å². The molecule has 12 nitrogen and oxygen atoms in total. The molecule has 2 amide bonds. The highest BCUT2D eigenvalue weighted by Gasteiger charge is 2.34. The number of hydrogen-bond acceptors (Lipinski definition) is 9. The Labute approximate surface area is 249 Å². The SMILES string of the molecule is CCNC(=O)Nc1cc(-c2nc(C(F)(F)F)cs2)c(-c2ccc3c(c2)c(=O)c(C(=O)O)cn3Cc2noc(C3CC3)n2)cn1. The van der Waals surface area contributed by atoms with Gasteiger partial charge in [0, 0.05) is 46.7 Å². The number of thiazole rings is 1. The Kier molecular flexibility index (Phi) is 7.36. The molecular formula is C28H22F3N7O5S. The lowest BCUT2D eigenvalue weighted by molar-refractivity contribution is -0.140. The van der Waals surface area contributed by atoms with Crippen LogP contribution >= 0.6 is 11.3 Å². The summed E-state index contributed by atoms with van der Waals surface area (Å²) in [6.07, 6.45) is -0.225. The third-order valence-electron chi connectivity index (χ3n) is 6.85. The standard InChI is InChI=1S/C28H22F3N7O5S/c1-2-32-27(42)36-21-8-15(25-34-20(12-44-25)28(29,30)31)17(9-33-21)14-5-6-19-16(7-14)23(39)18(26(40)41)10-38(19)11-22-35-24(43-37-22)13-3-4-13/h5-10,12-13H,2-4,11H2,1H3,(H,40,41)(H2,32,33,36,42). The summed E-state index contributed by atoms with van der Waals surface area (Å²) in [7, 11) is 0. The number of rotatable bonds is 8. The quantitative estimate of drug-likeness (QED) is 0.206. The van der Waals surface area contributed by atoms with Crippen molar-refractivity contribution in [3.8, 4) is 21.7 Å². The van der Waals surface area contributed by atoms with Crippen molar-refractivity contribution in [1.29, 1.82) is 0 Å². The Hall–Kier alpha value is -5.12. The highest BCUT2D eigenvalue weighted by molar-refractivity contribution is 7.13. The molecular weight excluding hydrogens is 603 g/mol. The number of nitrogens with one attached hydrogen (secondary N) is 2. The zero-order valence-corrected chi connectivity index (χ0v) is 23.6. The van der Waals surface area contributed by atoms with Gasteiger partial charge in [-0.25, -0.2) is 19.6 Å². The number of anilines is 1. The van der Waals surface area contributed by atoms with Crippen molar-refractivity contribution in [1.82, 2.24) is 30.0 Å². The second-order valence-corrected chi connectivity index (χ2v) is 10.9. The summed E-state index contributed by atoms with van der Waals surface area (Å²) < 4.78 is 47.0. The molecule has 0 saturated heterocycles. The van der Waals surface area contributed by atoms with E-state index in [1.807, 2.05) is 0 Å². The van der Waals surface area contributed by atoms with Crippen LogP contribution in [0.2, 0.25) is 0 Å². The minimum atomic E-state index is -4.68. The maximum Gasteiger partial charge on any atom is 0.434 e. The lowest BCUT2D eigenvalue weighted by atomic mass is 9.99. The van der Waals surface area contributed by atoms with Crippen molar-refractivity contribution in [3.63, 3.8) is 0 Å². The topological polar surface area (TPSA) is 165 Å². The number of halogens is 3. The molecule has 1 aliphatic rings. The molecule has 0 atom stereocenters. The highest BCUT2D eigenvalue weighted by atomic mass is 32.1. The zero-order valence-electron chi connectivity index (χ0n) is 22.8. The van der Waals surface area contributed by atoms with Crippen LogP contribution in [0.1, 0.15) is 53.5 Å². The van der Waals surface area contributed by atoms with Crippen LogP contribution in [0, 0.1) is 0 Å². The number of carbonyl (C=O) groups is 2. The molecule has 6 rings (SSSR count). The molecule has 16 heteroatoms. The number of nitrogens with zero attached hydrogens (tertiary/aromatic N) is 5. The molecule has 0 radical (unpaired) electrons. The molecule has 0 spiro atoms. The number of urea groups is 1. The number of hydrogen-bond donors (Lipinski definition) is 3. The third-order valence-corrected chi connectivity index (χ3v) is 7.73. The van der Waals surface area contributed by atoms with Gasteiger partial charge in [0.25, 0.3) is 0 Å². The van der Waals surface area contributed by atoms with E-state index in [0.717, 1.165) is 29.6 Å². The second kappa shape index (κ2) is 11.2. The monoisotopic (exact) mass is 625 g/mol. The van der Waals surface area contributed by atoms with E-state index in [2.05, 4.69) is 30.7 Å². The molecule has 44 heavy (non-hydrogen) atoms. The van der Waals surface area contributed by atoms with Gasteiger partial charge in [-0.15, -0.1) is 11.3 Å². The lowest BCUT2D eigenvalue weighted by Crippen LogP contribution is -2.28. The summed E-state index contributed by atoms with van der Waals surface area (Å²) in [5, 5.41) is 19.7. The van der Waals surface area contributed by atoms with Crippen LogP contribution in [0.3, 0.4) is 0 Å². The first-order chi connectivity index (χ1) is 21.0. The molecule has 226 valence electrons. The number of amides is 2. The van der Waals surface area contributed by atoms with Crippen molar-refractivity contribution < 1.29 is 32.4 Å². The molecule has 1 fully saturated rings. The lowest BCUT2D eigenvalue weighted by Gasteiger charge is -2.14. The molecule has 1 saturated carbocycles. The van der Waals surface area contributed by atoms with Gasteiger partial charge in [-0.2, -0.15) is 18.2 Å². The minimum Gasteiger partial charge on any atom is -0.477 e. The Morgan fingerprint density at radius 3 is 2.66 bits per heavy atom. The number of alkyl halides is 3. The predicted octanol–water partition coefficient (Wildman–Crippen LogP) is 5.35.